The summed E-state index contributed by atoms with van der Waals surface area (Å²) in [6, 6.07) is 6.04. The third-order valence-corrected chi connectivity index (χ3v) is 4.93. The number of aryl methyl sites for hydroxylation is 1. The second-order valence-electron chi connectivity index (χ2n) is 5.30. The first-order chi connectivity index (χ1) is 10.8. The van der Waals surface area contributed by atoms with Gasteiger partial charge in [-0.25, -0.2) is 0 Å². The average Bonchev–Trinajstić information content (AvgIpc) is 2.50. The summed E-state index contributed by atoms with van der Waals surface area (Å²) in [4.78, 5) is -0.0377. The largest absolute Gasteiger partial charge is 0.387 e. The average molecular weight is 348 g/mol. The highest BCUT2D eigenvalue weighted by atomic mass is 32.2. The molecule has 0 amide bonds. The lowest BCUT2D eigenvalue weighted by atomic mass is 9.99. The van der Waals surface area contributed by atoms with E-state index in [1.807, 2.05) is 6.92 Å². The first-order valence-electron chi connectivity index (χ1n) is 6.95. The summed E-state index contributed by atoms with van der Waals surface area (Å²) in [6.07, 6.45) is -6.74. The molecule has 0 saturated carbocycles. The molecule has 0 radical (unpaired) electrons. The van der Waals surface area contributed by atoms with Crippen LogP contribution in [0.1, 0.15) is 5.56 Å². The van der Waals surface area contributed by atoms with E-state index < -0.39 is 47.4 Å². The van der Waals surface area contributed by atoms with Crippen LogP contribution in [0.15, 0.2) is 29.2 Å². The Hall–Kier alpha value is -1.07. The molecule has 0 bridgehead atoms. The van der Waals surface area contributed by atoms with E-state index in [1.165, 1.54) is 19.2 Å². The maximum Gasteiger partial charge on any atom is 0.297 e. The zero-order chi connectivity index (χ0) is 17.2. The lowest BCUT2D eigenvalue weighted by molar-refractivity contribution is -0.290. The molecule has 23 heavy (non-hydrogen) atoms. The number of hydrogen-bond acceptors (Lipinski definition) is 8. The van der Waals surface area contributed by atoms with Crippen molar-refractivity contribution in [1.82, 2.24) is 0 Å². The standard InChI is InChI=1S/C14H20O8S/c1-8-3-5-9(6-4-8)23(18,19)21-7-10-11(15)12(16)13(20-2)14(17)22-10/h3-6,10-17H,7H2,1-2H3/t10-,11-,12+,13-,14-/m1/s1. The molecule has 0 aliphatic carbocycles. The van der Waals surface area contributed by atoms with E-state index in [0.29, 0.717) is 0 Å². The van der Waals surface area contributed by atoms with E-state index in [1.54, 1.807) is 12.1 Å². The Balaban J connectivity index is 2.04. The van der Waals surface area contributed by atoms with Gasteiger partial charge in [0.05, 0.1) is 11.5 Å². The second kappa shape index (κ2) is 7.22. The van der Waals surface area contributed by atoms with Crippen LogP contribution < -0.4 is 0 Å². The summed E-state index contributed by atoms with van der Waals surface area (Å²) >= 11 is 0. The molecule has 2 rings (SSSR count). The molecule has 9 heteroatoms. The van der Waals surface area contributed by atoms with Crippen molar-refractivity contribution >= 4 is 10.1 Å². The summed E-state index contributed by atoms with van der Waals surface area (Å²) in [7, 11) is -2.80. The Morgan fingerprint density at radius 2 is 1.74 bits per heavy atom. The van der Waals surface area contributed by atoms with Crippen LogP contribution in [0.4, 0.5) is 0 Å². The molecule has 1 aromatic rings. The normalized spacial score (nSPS) is 32.0. The van der Waals surface area contributed by atoms with Gasteiger partial charge in [0.2, 0.25) is 0 Å². The lowest BCUT2D eigenvalue weighted by Gasteiger charge is -2.39. The second-order valence-corrected chi connectivity index (χ2v) is 6.91. The van der Waals surface area contributed by atoms with Gasteiger partial charge in [-0.05, 0) is 19.1 Å². The monoisotopic (exact) mass is 348 g/mol. The highest BCUT2D eigenvalue weighted by molar-refractivity contribution is 7.86. The third kappa shape index (κ3) is 4.07. The summed E-state index contributed by atoms with van der Waals surface area (Å²) in [5.74, 6) is 0. The van der Waals surface area contributed by atoms with Crippen molar-refractivity contribution < 1.29 is 37.4 Å². The molecule has 0 spiro atoms. The Kier molecular flexibility index (Phi) is 5.74. The topological polar surface area (TPSA) is 123 Å². The third-order valence-electron chi connectivity index (χ3n) is 3.63. The molecule has 130 valence electrons. The number of aliphatic hydroxyl groups is 3. The van der Waals surface area contributed by atoms with Gasteiger partial charge in [-0.2, -0.15) is 8.42 Å². The molecule has 0 aromatic heterocycles. The smallest absolute Gasteiger partial charge is 0.297 e. The van der Waals surface area contributed by atoms with Crippen LogP contribution in [0.25, 0.3) is 0 Å². The molecule has 1 aliphatic heterocycles. The minimum atomic E-state index is -4.04. The number of rotatable bonds is 5. The first kappa shape index (κ1) is 18.3. The van der Waals surface area contributed by atoms with Gasteiger partial charge in [0.15, 0.2) is 6.29 Å². The number of methoxy groups -OCH3 is 1. The van der Waals surface area contributed by atoms with Crippen LogP contribution in [0.5, 0.6) is 0 Å². The minimum Gasteiger partial charge on any atom is -0.387 e. The zero-order valence-corrected chi connectivity index (χ0v) is 13.5. The molecule has 1 aromatic carbocycles. The van der Waals surface area contributed by atoms with Crippen molar-refractivity contribution in [3.8, 4) is 0 Å². The van der Waals surface area contributed by atoms with Gasteiger partial charge in [-0.15, -0.1) is 0 Å². The molecule has 1 heterocycles. The molecule has 3 N–H and O–H groups in total. The predicted octanol–water partition coefficient (Wildman–Crippen LogP) is -0.846. The highest BCUT2D eigenvalue weighted by Gasteiger charge is 2.44. The number of aliphatic hydroxyl groups excluding tert-OH is 3. The fourth-order valence-corrected chi connectivity index (χ4v) is 3.16. The Labute approximate surface area is 134 Å². The van der Waals surface area contributed by atoms with Crippen molar-refractivity contribution in [1.29, 1.82) is 0 Å². The number of ether oxygens (including phenoxy) is 2. The van der Waals surface area contributed by atoms with E-state index in [4.69, 9.17) is 13.7 Å². The quantitative estimate of drug-likeness (QED) is 0.589. The Morgan fingerprint density at radius 1 is 1.13 bits per heavy atom. The van der Waals surface area contributed by atoms with Crippen molar-refractivity contribution in [2.24, 2.45) is 0 Å². The van der Waals surface area contributed by atoms with Gasteiger partial charge in [0.25, 0.3) is 10.1 Å². The summed E-state index contributed by atoms with van der Waals surface area (Å²) < 4.78 is 38.9. The van der Waals surface area contributed by atoms with E-state index in [9.17, 15) is 23.7 Å². The molecule has 1 fully saturated rings. The van der Waals surface area contributed by atoms with Crippen LogP contribution in [0.3, 0.4) is 0 Å². The highest BCUT2D eigenvalue weighted by Crippen LogP contribution is 2.23. The summed E-state index contributed by atoms with van der Waals surface area (Å²) in [6.45, 7) is 1.26. The van der Waals surface area contributed by atoms with Gasteiger partial charge >= 0.3 is 0 Å². The van der Waals surface area contributed by atoms with Crippen molar-refractivity contribution in [3.63, 3.8) is 0 Å². The molecular formula is C14H20O8S. The van der Waals surface area contributed by atoms with Gasteiger partial charge in [0, 0.05) is 7.11 Å². The summed E-state index contributed by atoms with van der Waals surface area (Å²) in [5.41, 5.74) is 0.895. The van der Waals surface area contributed by atoms with Crippen molar-refractivity contribution in [3.05, 3.63) is 29.8 Å². The SMILES string of the molecule is CO[C@@H]1[C@@H](O)[C@H](O)[C@@H](COS(=O)(=O)c2ccc(C)cc2)O[C@H]1O. The molecule has 8 nitrogen and oxygen atoms in total. The number of hydrogen-bond donors (Lipinski definition) is 3. The first-order valence-corrected chi connectivity index (χ1v) is 8.35. The van der Waals surface area contributed by atoms with Gasteiger partial charge in [0.1, 0.15) is 24.4 Å². The van der Waals surface area contributed by atoms with Crippen LogP contribution in [-0.2, 0) is 23.8 Å². The van der Waals surface area contributed by atoms with Crippen LogP contribution in [-0.4, -0.2) is 68.2 Å². The van der Waals surface area contributed by atoms with E-state index in [0.717, 1.165) is 5.56 Å². The van der Waals surface area contributed by atoms with Crippen molar-refractivity contribution in [2.45, 2.75) is 42.5 Å². The maximum atomic E-state index is 12.1. The molecular weight excluding hydrogens is 328 g/mol. The maximum absolute atomic E-state index is 12.1. The molecule has 0 unspecified atom stereocenters. The predicted molar refractivity (Wildman–Crippen MR) is 78.0 cm³/mol. The molecule has 1 aliphatic rings. The zero-order valence-electron chi connectivity index (χ0n) is 12.7. The molecule has 5 atom stereocenters. The Bertz CT molecular complexity index is 614. The number of benzene rings is 1. The minimum absolute atomic E-state index is 0.0377. The van der Waals surface area contributed by atoms with E-state index in [2.05, 4.69) is 0 Å². The fourth-order valence-electron chi connectivity index (χ4n) is 2.24. The van der Waals surface area contributed by atoms with Gasteiger partial charge in [-0.3, -0.25) is 4.18 Å². The Morgan fingerprint density at radius 3 is 2.30 bits per heavy atom. The van der Waals surface area contributed by atoms with Crippen molar-refractivity contribution in [2.75, 3.05) is 13.7 Å². The van der Waals surface area contributed by atoms with Gasteiger partial charge in [-0.1, -0.05) is 17.7 Å². The van der Waals surface area contributed by atoms with Crippen LogP contribution in [0, 0.1) is 6.92 Å². The summed E-state index contributed by atoms with van der Waals surface area (Å²) in [5, 5.41) is 29.4. The van der Waals surface area contributed by atoms with E-state index in [-0.39, 0.29) is 4.90 Å². The van der Waals surface area contributed by atoms with Crippen LogP contribution in [0.2, 0.25) is 0 Å². The molecule has 1 saturated heterocycles. The van der Waals surface area contributed by atoms with Gasteiger partial charge < -0.3 is 24.8 Å². The van der Waals surface area contributed by atoms with Crippen LogP contribution >= 0.6 is 0 Å². The fraction of sp³-hybridized carbons (Fsp3) is 0.571. The lowest BCUT2D eigenvalue weighted by Crippen LogP contribution is -2.59. The van der Waals surface area contributed by atoms with E-state index >= 15 is 0 Å².